The maximum Gasteiger partial charge on any atom is 0.251 e. The average molecular weight is 389 g/mol. The summed E-state index contributed by atoms with van der Waals surface area (Å²) in [4.78, 5) is 12.8. The second kappa shape index (κ2) is 8.23. The highest BCUT2D eigenvalue weighted by molar-refractivity contribution is 7.89. The molecule has 0 fully saturated rings. The van der Waals surface area contributed by atoms with Gasteiger partial charge in [0, 0.05) is 18.7 Å². The van der Waals surface area contributed by atoms with E-state index in [2.05, 4.69) is 11.4 Å². The van der Waals surface area contributed by atoms with Crippen molar-refractivity contribution in [3.8, 4) is 0 Å². The van der Waals surface area contributed by atoms with Crippen molar-refractivity contribution in [2.24, 2.45) is 0 Å². The molecule has 2 aromatic rings. The molecule has 0 aliphatic rings. The van der Waals surface area contributed by atoms with E-state index in [4.69, 9.17) is 0 Å². The van der Waals surface area contributed by atoms with Gasteiger partial charge in [-0.2, -0.15) is 4.31 Å². The van der Waals surface area contributed by atoms with Gasteiger partial charge in [-0.1, -0.05) is 29.8 Å². The Morgan fingerprint density at radius 3 is 2.33 bits per heavy atom. The molecule has 0 aliphatic carbocycles. The lowest BCUT2D eigenvalue weighted by atomic mass is 10.00. The maximum absolute atomic E-state index is 12.7. The van der Waals surface area contributed by atoms with E-state index < -0.39 is 10.0 Å². The SMILES string of the molecule is Cc1ccc(C)c(C(C)NC(=O)c2cccc(S(=O)(=O)N(C)C(C)C)c2)c1. The zero-order valence-corrected chi connectivity index (χ0v) is 17.6. The lowest BCUT2D eigenvalue weighted by Crippen LogP contribution is -2.33. The predicted octanol–water partition coefficient (Wildman–Crippen LogP) is 3.82. The van der Waals surface area contributed by atoms with Crippen molar-refractivity contribution in [3.05, 3.63) is 64.7 Å². The second-order valence-corrected chi connectivity index (χ2v) is 9.20. The van der Waals surface area contributed by atoms with Crippen molar-refractivity contribution >= 4 is 15.9 Å². The highest BCUT2D eigenvalue weighted by Gasteiger charge is 2.24. The minimum absolute atomic E-state index is 0.116. The lowest BCUT2D eigenvalue weighted by molar-refractivity contribution is 0.0939. The summed E-state index contributed by atoms with van der Waals surface area (Å²) in [5.74, 6) is -0.298. The van der Waals surface area contributed by atoms with Crippen LogP contribution in [0, 0.1) is 13.8 Å². The molecule has 6 heteroatoms. The topological polar surface area (TPSA) is 66.5 Å². The number of carbonyl (C=O) groups is 1. The first-order chi connectivity index (χ1) is 12.5. The number of hydrogen-bond acceptors (Lipinski definition) is 3. The van der Waals surface area contributed by atoms with Gasteiger partial charge in [-0.3, -0.25) is 4.79 Å². The Morgan fingerprint density at radius 2 is 1.70 bits per heavy atom. The van der Waals surface area contributed by atoms with E-state index in [1.807, 2.05) is 32.9 Å². The van der Waals surface area contributed by atoms with Crippen molar-refractivity contribution in [2.45, 2.75) is 51.6 Å². The quantitative estimate of drug-likeness (QED) is 0.818. The van der Waals surface area contributed by atoms with Gasteiger partial charge in [-0.05, 0) is 63.9 Å². The second-order valence-electron chi connectivity index (χ2n) is 7.20. The van der Waals surface area contributed by atoms with Crippen LogP contribution < -0.4 is 5.32 Å². The predicted molar refractivity (Wildman–Crippen MR) is 108 cm³/mol. The number of nitrogens with zero attached hydrogens (tertiary/aromatic N) is 1. The van der Waals surface area contributed by atoms with Crippen LogP contribution >= 0.6 is 0 Å². The van der Waals surface area contributed by atoms with E-state index in [0.29, 0.717) is 5.56 Å². The first-order valence-corrected chi connectivity index (χ1v) is 10.4. The molecule has 1 atom stereocenters. The van der Waals surface area contributed by atoms with Crippen molar-refractivity contribution < 1.29 is 13.2 Å². The van der Waals surface area contributed by atoms with Gasteiger partial charge in [0.1, 0.15) is 0 Å². The zero-order valence-electron chi connectivity index (χ0n) is 16.8. The molecule has 1 unspecified atom stereocenters. The molecule has 0 saturated heterocycles. The van der Waals surface area contributed by atoms with Crippen molar-refractivity contribution in [3.63, 3.8) is 0 Å². The van der Waals surface area contributed by atoms with Crippen LogP contribution in [0.4, 0.5) is 0 Å². The summed E-state index contributed by atoms with van der Waals surface area (Å²) in [6.45, 7) is 9.55. The molecule has 0 aliphatic heterocycles. The van der Waals surface area contributed by atoms with Crippen LogP contribution in [0.2, 0.25) is 0 Å². The molecule has 1 N–H and O–H groups in total. The van der Waals surface area contributed by atoms with E-state index >= 15 is 0 Å². The van der Waals surface area contributed by atoms with E-state index in [0.717, 1.165) is 16.7 Å². The molecule has 2 rings (SSSR count). The van der Waals surface area contributed by atoms with Crippen LogP contribution in [-0.2, 0) is 10.0 Å². The minimum Gasteiger partial charge on any atom is -0.346 e. The van der Waals surface area contributed by atoms with E-state index in [-0.39, 0.29) is 22.9 Å². The number of sulfonamides is 1. The Labute approximate surface area is 162 Å². The van der Waals surface area contributed by atoms with Crippen LogP contribution in [0.5, 0.6) is 0 Å². The number of hydrogen-bond donors (Lipinski definition) is 1. The molecular formula is C21H28N2O3S. The fourth-order valence-electron chi connectivity index (χ4n) is 2.83. The lowest BCUT2D eigenvalue weighted by Gasteiger charge is -2.21. The molecule has 2 aromatic carbocycles. The molecular weight excluding hydrogens is 360 g/mol. The van der Waals surface area contributed by atoms with Gasteiger partial charge in [0.25, 0.3) is 5.91 Å². The monoisotopic (exact) mass is 388 g/mol. The minimum atomic E-state index is -3.63. The van der Waals surface area contributed by atoms with Crippen molar-refractivity contribution in [1.29, 1.82) is 0 Å². The van der Waals surface area contributed by atoms with Crippen molar-refractivity contribution in [1.82, 2.24) is 9.62 Å². The molecule has 5 nitrogen and oxygen atoms in total. The highest BCUT2D eigenvalue weighted by Crippen LogP contribution is 2.21. The molecule has 0 radical (unpaired) electrons. The summed E-state index contributed by atoms with van der Waals surface area (Å²) >= 11 is 0. The fourth-order valence-corrected chi connectivity index (χ4v) is 4.24. The van der Waals surface area contributed by atoms with Crippen LogP contribution in [0.25, 0.3) is 0 Å². The van der Waals surface area contributed by atoms with Crippen LogP contribution in [0.1, 0.15) is 53.9 Å². The number of rotatable bonds is 6. The van der Waals surface area contributed by atoms with Crippen molar-refractivity contribution in [2.75, 3.05) is 7.05 Å². The van der Waals surface area contributed by atoms with Crippen LogP contribution in [-0.4, -0.2) is 31.7 Å². The fraction of sp³-hybridized carbons (Fsp3) is 0.381. The Balaban J connectivity index is 2.26. The number of benzene rings is 2. The molecule has 0 aromatic heterocycles. The highest BCUT2D eigenvalue weighted by atomic mass is 32.2. The summed E-state index contributed by atoms with van der Waals surface area (Å²) in [6.07, 6.45) is 0. The van der Waals surface area contributed by atoms with Gasteiger partial charge >= 0.3 is 0 Å². The molecule has 0 saturated carbocycles. The third-order valence-corrected chi connectivity index (χ3v) is 6.78. The zero-order chi connectivity index (χ0) is 20.4. The smallest absolute Gasteiger partial charge is 0.251 e. The number of amides is 1. The van der Waals surface area contributed by atoms with Crippen LogP contribution in [0.3, 0.4) is 0 Å². The molecule has 0 heterocycles. The molecule has 27 heavy (non-hydrogen) atoms. The van der Waals surface area contributed by atoms with E-state index in [9.17, 15) is 13.2 Å². The molecule has 0 spiro atoms. The summed E-state index contributed by atoms with van der Waals surface area (Å²) in [5.41, 5.74) is 3.60. The third-order valence-electron chi connectivity index (χ3n) is 4.75. The Bertz CT molecular complexity index is 936. The number of aryl methyl sites for hydroxylation is 2. The Kier molecular flexibility index (Phi) is 6.44. The molecule has 146 valence electrons. The number of nitrogens with one attached hydrogen (secondary N) is 1. The Hall–Kier alpha value is -2.18. The maximum atomic E-state index is 12.7. The number of carbonyl (C=O) groups excluding carboxylic acids is 1. The van der Waals surface area contributed by atoms with Gasteiger partial charge in [-0.25, -0.2) is 8.42 Å². The van der Waals surface area contributed by atoms with E-state index in [1.54, 1.807) is 26.0 Å². The average Bonchev–Trinajstić information content (AvgIpc) is 2.62. The summed E-state index contributed by atoms with van der Waals surface area (Å²) < 4.78 is 26.6. The van der Waals surface area contributed by atoms with Gasteiger partial charge in [-0.15, -0.1) is 0 Å². The van der Waals surface area contributed by atoms with Crippen LogP contribution in [0.15, 0.2) is 47.4 Å². The normalized spacial score (nSPS) is 13.0. The largest absolute Gasteiger partial charge is 0.346 e. The first kappa shape index (κ1) is 21.1. The summed E-state index contributed by atoms with van der Waals surface area (Å²) in [7, 11) is -2.10. The van der Waals surface area contributed by atoms with Gasteiger partial charge < -0.3 is 5.32 Å². The standard InChI is InChI=1S/C21H28N2O3S/c1-14(2)23(6)27(25,26)19-9-7-8-18(13-19)21(24)22-17(5)20-12-15(3)10-11-16(20)4/h7-14,17H,1-6H3,(H,22,24). The van der Waals surface area contributed by atoms with Gasteiger partial charge in [0.05, 0.1) is 10.9 Å². The molecule has 0 bridgehead atoms. The van der Waals surface area contributed by atoms with E-state index in [1.165, 1.54) is 23.5 Å². The first-order valence-electron chi connectivity index (χ1n) is 9.00. The summed E-state index contributed by atoms with van der Waals surface area (Å²) in [5, 5.41) is 2.96. The van der Waals surface area contributed by atoms with Gasteiger partial charge in [0.2, 0.25) is 10.0 Å². The Morgan fingerprint density at radius 1 is 1.04 bits per heavy atom. The third kappa shape index (κ3) is 4.76. The summed E-state index contributed by atoms with van der Waals surface area (Å²) in [6, 6.07) is 11.9. The molecule has 1 amide bonds. The van der Waals surface area contributed by atoms with Gasteiger partial charge in [0.15, 0.2) is 0 Å².